The molecule has 1 heterocycles. The van der Waals surface area contributed by atoms with Gasteiger partial charge in [0.1, 0.15) is 0 Å². The first-order valence-corrected chi connectivity index (χ1v) is 7.22. The molecule has 2 rings (SSSR count). The Balaban J connectivity index is 1.69. The van der Waals surface area contributed by atoms with Gasteiger partial charge >= 0.3 is 0 Å². The van der Waals surface area contributed by atoms with Gasteiger partial charge in [0.2, 0.25) is 5.91 Å². The second kappa shape index (κ2) is 8.14. The third-order valence-corrected chi connectivity index (χ3v) is 3.19. The Morgan fingerprint density at radius 2 is 2.00 bits per heavy atom. The maximum Gasteiger partial charge on any atom is 0.253 e. The summed E-state index contributed by atoms with van der Waals surface area (Å²) in [5.74, 6) is -0.558. The minimum atomic E-state index is -0.321. The standard InChI is InChI=1S/C16H16ClN3O2/c17-14-5-1-3-12(9-14)6-8-19-15(21)11-20-16(22)13-4-2-7-18-10-13/h1-5,7,9-10H,6,8,11H2,(H,19,21)(H,20,22). The molecule has 0 saturated carbocycles. The van der Waals surface area contributed by atoms with Crippen molar-refractivity contribution < 1.29 is 9.59 Å². The highest BCUT2D eigenvalue weighted by Crippen LogP contribution is 2.10. The van der Waals surface area contributed by atoms with Gasteiger partial charge in [0.15, 0.2) is 0 Å². The number of nitrogens with one attached hydrogen (secondary N) is 2. The zero-order chi connectivity index (χ0) is 15.8. The zero-order valence-electron chi connectivity index (χ0n) is 11.9. The lowest BCUT2D eigenvalue weighted by Crippen LogP contribution is -2.37. The molecule has 0 saturated heterocycles. The van der Waals surface area contributed by atoms with Gasteiger partial charge in [-0.05, 0) is 36.2 Å². The molecule has 0 aliphatic rings. The largest absolute Gasteiger partial charge is 0.354 e. The average molecular weight is 318 g/mol. The molecule has 22 heavy (non-hydrogen) atoms. The second-order valence-corrected chi connectivity index (χ2v) is 5.09. The number of carbonyl (C=O) groups is 2. The van der Waals surface area contributed by atoms with Crippen LogP contribution in [0.25, 0.3) is 0 Å². The Morgan fingerprint density at radius 1 is 1.14 bits per heavy atom. The summed E-state index contributed by atoms with van der Waals surface area (Å²) in [5.41, 5.74) is 1.47. The van der Waals surface area contributed by atoms with E-state index in [2.05, 4.69) is 15.6 Å². The molecule has 0 atom stereocenters. The highest BCUT2D eigenvalue weighted by Gasteiger charge is 2.07. The molecule has 2 N–H and O–H groups in total. The highest BCUT2D eigenvalue weighted by molar-refractivity contribution is 6.30. The maximum absolute atomic E-state index is 11.7. The van der Waals surface area contributed by atoms with Gasteiger partial charge in [-0.2, -0.15) is 0 Å². The number of carbonyl (C=O) groups excluding carboxylic acids is 2. The molecule has 0 radical (unpaired) electrons. The lowest BCUT2D eigenvalue weighted by Gasteiger charge is -2.07. The van der Waals surface area contributed by atoms with E-state index >= 15 is 0 Å². The first kappa shape index (κ1) is 16.0. The predicted molar refractivity (Wildman–Crippen MR) is 84.7 cm³/mol. The van der Waals surface area contributed by atoms with Crippen LogP contribution in [0.1, 0.15) is 15.9 Å². The normalized spacial score (nSPS) is 10.0. The molecular weight excluding hydrogens is 302 g/mol. The van der Waals surface area contributed by atoms with Crippen molar-refractivity contribution in [2.24, 2.45) is 0 Å². The lowest BCUT2D eigenvalue weighted by molar-refractivity contribution is -0.120. The second-order valence-electron chi connectivity index (χ2n) is 4.65. The van der Waals surface area contributed by atoms with Crippen molar-refractivity contribution in [2.45, 2.75) is 6.42 Å². The van der Waals surface area contributed by atoms with E-state index in [4.69, 9.17) is 11.6 Å². The maximum atomic E-state index is 11.7. The molecule has 6 heteroatoms. The van der Waals surface area contributed by atoms with Crippen LogP contribution in [0, 0.1) is 0 Å². The summed E-state index contributed by atoms with van der Waals surface area (Å²) in [6, 6.07) is 10.8. The number of hydrogen-bond acceptors (Lipinski definition) is 3. The quantitative estimate of drug-likeness (QED) is 0.854. The van der Waals surface area contributed by atoms with Crippen molar-refractivity contribution in [3.63, 3.8) is 0 Å². The SMILES string of the molecule is O=C(CNC(=O)c1cccnc1)NCCc1cccc(Cl)c1. The molecule has 0 bridgehead atoms. The van der Waals surface area contributed by atoms with Crippen LogP contribution in [-0.2, 0) is 11.2 Å². The number of hydrogen-bond donors (Lipinski definition) is 2. The first-order chi connectivity index (χ1) is 10.6. The van der Waals surface area contributed by atoms with Crippen molar-refractivity contribution >= 4 is 23.4 Å². The Hall–Kier alpha value is -2.40. The lowest BCUT2D eigenvalue weighted by atomic mass is 10.1. The first-order valence-electron chi connectivity index (χ1n) is 6.84. The van der Waals surface area contributed by atoms with E-state index in [0.717, 1.165) is 5.56 Å². The molecule has 1 aromatic heterocycles. The van der Waals surface area contributed by atoms with Gasteiger partial charge in [-0.25, -0.2) is 0 Å². The minimum absolute atomic E-state index is 0.0662. The third-order valence-electron chi connectivity index (χ3n) is 2.96. The topological polar surface area (TPSA) is 71.1 Å². The molecule has 5 nitrogen and oxygen atoms in total. The third kappa shape index (κ3) is 5.18. The van der Waals surface area contributed by atoms with Crippen molar-refractivity contribution in [2.75, 3.05) is 13.1 Å². The van der Waals surface area contributed by atoms with Crippen molar-refractivity contribution in [3.8, 4) is 0 Å². The molecule has 0 aliphatic heterocycles. The summed E-state index contributed by atoms with van der Waals surface area (Å²) in [7, 11) is 0. The summed E-state index contributed by atoms with van der Waals surface area (Å²) >= 11 is 5.89. The van der Waals surface area contributed by atoms with Gasteiger partial charge < -0.3 is 10.6 Å². The average Bonchev–Trinajstić information content (AvgIpc) is 2.53. The fourth-order valence-electron chi connectivity index (χ4n) is 1.86. The highest BCUT2D eigenvalue weighted by atomic mass is 35.5. The van der Waals surface area contributed by atoms with Gasteiger partial charge in [-0.15, -0.1) is 0 Å². The van der Waals surface area contributed by atoms with Crippen LogP contribution < -0.4 is 10.6 Å². The van der Waals surface area contributed by atoms with Crippen LogP contribution in [0.4, 0.5) is 0 Å². The molecule has 0 spiro atoms. The van der Waals surface area contributed by atoms with E-state index in [1.165, 1.54) is 6.20 Å². The number of amides is 2. The van der Waals surface area contributed by atoms with Crippen molar-refractivity contribution in [3.05, 3.63) is 64.9 Å². The molecule has 0 aliphatic carbocycles. The Morgan fingerprint density at radius 3 is 2.73 bits per heavy atom. The van der Waals surface area contributed by atoms with Gasteiger partial charge in [-0.3, -0.25) is 14.6 Å². The zero-order valence-corrected chi connectivity index (χ0v) is 12.6. The smallest absolute Gasteiger partial charge is 0.253 e. The van der Waals surface area contributed by atoms with E-state index in [1.54, 1.807) is 24.4 Å². The summed E-state index contributed by atoms with van der Waals surface area (Å²) in [5, 5.41) is 5.96. The fourth-order valence-corrected chi connectivity index (χ4v) is 2.07. The van der Waals surface area contributed by atoms with Crippen LogP contribution in [-0.4, -0.2) is 29.9 Å². The summed E-state index contributed by atoms with van der Waals surface area (Å²) in [6.07, 6.45) is 3.72. The van der Waals surface area contributed by atoms with Gasteiger partial charge in [0.05, 0.1) is 12.1 Å². The molecule has 1 aromatic carbocycles. The molecular formula is C16H16ClN3O2. The fraction of sp³-hybridized carbons (Fsp3) is 0.188. The molecule has 2 aromatic rings. The van der Waals surface area contributed by atoms with E-state index < -0.39 is 0 Å². The van der Waals surface area contributed by atoms with Gasteiger partial charge in [0, 0.05) is 24.0 Å². The van der Waals surface area contributed by atoms with Crippen LogP contribution in [0.5, 0.6) is 0 Å². The summed E-state index contributed by atoms with van der Waals surface area (Å²) < 4.78 is 0. The summed E-state index contributed by atoms with van der Waals surface area (Å²) in [4.78, 5) is 27.3. The van der Waals surface area contributed by atoms with E-state index in [0.29, 0.717) is 23.6 Å². The van der Waals surface area contributed by atoms with Crippen LogP contribution in [0.15, 0.2) is 48.8 Å². The van der Waals surface area contributed by atoms with Crippen LogP contribution in [0.3, 0.4) is 0 Å². The number of rotatable bonds is 6. The number of nitrogens with zero attached hydrogens (tertiary/aromatic N) is 1. The molecule has 114 valence electrons. The number of halogens is 1. The monoisotopic (exact) mass is 317 g/mol. The number of pyridine rings is 1. The van der Waals surface area contributed by atoms with Crippen molar-refractivity contribution in [1.29, 1.82) is 0 Å². The molecule has 0 unspecified atom stereocenters. The van der Waals surface area contributed by atoms with Crippen molar-refractivity contribution in [1.82, 2.24) is 15.6 Å². The van der Waals surface area contributed by atoms with E-state index in [1.807, 2.05) is 18.2 Å². The molecule has 2 amide bonds. The van der Waals surface area contributed by atoms with Gasteiger partial charge in [0.25, 0.3) is 5.91 Å². The predicted octanol–water partition coefficient (Wildman–Crippen LogP) is 1.82. The summed E-state index contributed by atoms with van der Waals surface area (Å²) in [6.45, 7) is 0.422. The number of aromatic nitrogens is 1. The number of benzene rings is 1. The minimum Gasteiger partial charge on any atom is -0.354 e. The van der Waals surface area contributed by atoms with Gasteiger partial charge in [-0.1, -0.05) is 23.7 Å². The Bertz CT molecular complexity index is 647. The van der Waals surface area contributed by atoms with Crippen LogP contribution >= 0.6 is 11.6 Å². The van der Waals surface area contributed by atoms with Crippen LogP contribution in [0.2, 0.25) is 5.02 Å². The Labute approximate surface area is 133 Å². The molecule has 0 fully saturated rings. The van der Waals surface area contributed by atoms with E-state index in [-0.39, 0.29) is 18.4 Å². The Kier molecular flexibility index (Phi) is 5.91. The van der Waals surface area contributed by atoms with E-state index in [9.17, 15) is 9.59 Å².